The lowest BCUT2D eigenvalue weighted by Crippen LogP contribution is -2.63. The van der Waals surface area contributed by atoms with Gasteiger partial charge in [0.05, 0.1) is 21.1 Å². The molecule has 0 heterocycles. The fourth-order valence-electron chi connectivity index (χ4n) is 2.32. The molecule has 0 spiro atoms. The van der Waals surface area contributed by atoms with Gasteiger partial charge in [-0.25, -0.2) is 0 Å². The molecular weight excluding hydrogens is 310 g/mol. The van der Waals surface area contributed by atoms with Gasteiger partial charge in [0.1, 0.15) is 0 Å². The van der Waals surface area contributed by atoms with E-state index in [-0.39, 0.29) is 4.48 Å². The van der Waals surface area contributed by atoms with Gasteiger partial charge in [-0.1, -0.05) is 44.4 Å². The number of nitrogens with zero attached hydrogens (tertiary/aromatic N) is 1. The van der Waals surface area contributed by atoms with E-state index in [1.165, 1.54) is 18.9 Å². The minimum atomic E-state index is -2.43. The average Bonchev–Trinajstić information content (AvgIpc) is 2.47. The Morgan fingerprint density at radius 1 is 1.17 bits per heavy atom. The maximum absolute atomic E-state index is 12.2. The molecule has 0 radical (unpaired) electrons. The molecule has 0 aromatic carbocycles. The molecule has 0 fully saturated rings. The highest BCUT2D eigenvalue weighted by molar-refractivity contribution is 5.99. The van der Waals surface area contributed by atoms with Crippen molar-refractivity contribution in [3.8, 4) is 0 Å². The Kier molecular flexibility index (Phi) is 9.73. The summed E-state index contributed by atoms with van der Waals surface area (Å²) in [6.07, 6.45) is 9.06. The first kappa shape index (κ1) is 22.5. The third-order valence-corrected chi connectivity index (χ3v) is 3.72. The summed E-state index contributed by atoms with van der Waals surface area (Å²) in [6.45, 7) is 2.14. The van der Waals surface area contributed by atoms with Crippen molar-refractivity contribution >= 4 is 11.8 Å². The number of hydrogen-bond acceptors (Lipinski definition) is 5. The van der Waals surface area contributed by atoms with Gasteiger partial charge in [-0.2, -0.15) is 0 Å². The van der Waals surface area contributed by atoms with Crippen molar-refractivity contribution in [2.24, 2.45) is 0 Å². The number of unbranched alkanes of at least 4 members (excludes halogenated alkanes) is 4. The summed E-state index contributed by atoms with van der Waals surface area (Å²) in [5, 5.41) is 31.5. The van der Waals surface area contributed by atoms with Crippen LogP contribution >= 0.6 is 0 Å². The molecule has 2 atom stereocenters. The van der Waals surface area contributed by atoms with Crippen LogP contribution in [0.1, 0.15) is 45.4 Å². The molecular formula is C18H31NO5. The average molecular weight is 341 g/mol. The van der Waals surface area contributed by atoms with E-state index in [4.69, 9.17) is 0 Å². The Hall–Kier alpha value is -1.50. The van der Waals surface area contributed by atoms with E-state index in [0.717, 1.165) is 25.3 Å². The van der Waals surface area contributed by atoms with Crippen molar-refractivity contribution in [3.05, 3.63) is 24.3 Å². The van der Waals surface area contributed by atoms with Crippen LogP contribution < -0.4 is 5.11 Å². The number of carboxylic acids is 1. The molecule has 0 aliphatic rings. The molecule has 0 aliphatic heterocycles. The van der Waals surface area contributed by atoms with Crippen LogP contribution in [0.5, 0.6) is 0 Å². The number of likely N-dealkylation sites (N-methyl/N-ethyl adjacent to an activating group) is 1. The predicted molar refractivity (Wildman–Crippen MR) is 90.7 cm³/mol. The van der Waals surface area contributed by atoms with Gasteiger partial charge in [0.15, 0.2) is 5.78 Å². The number of aliphatic carboxylic acids is 1. The molecule has 0 saturated heterocycles. The predicted octanol–water partition coefficient (Wildman–Crippen LogP) is 0.534. The summed E-state index contributed by atoms with van der Waals surface area (Å²) in [4.78, 5) is 23.1. The quantitative estimate of drug-likeness (QED) is 0.177. The fraction of sp³-hybridized carbons (Fsp3) is 0.667. The first-order valence-electron chi connectivity index (χ1n) is 8.34. The van der Waals surface area contributed by atoms with E-state index in [1.54, 1.807) is 27.2 Å². The number of ketones is 1. The van der Waals surface area contributed by atoms with Crippen LogP contribution in [0.25, 0.3) is 0 Å². The van der Waals surface area contributed by atoms with Crippen molar-refractivity contribution in [3.63, 3.8) is 0 Å². The van der Waals surface area contributed by atoms with Crippen molar-refractivity contribution in [1.82, 2.24) is 0 Å². The number of rotatable bonds is 12. The number of carbonyl (C=O) groups is 2. The normalized spacial score (nSPS) is 16.4. The molecule has 0 aromatic rings. The van der Waals surface area contributed by atoms with Crippen molar-refractivity contribution in [1.29, 1.82) is 0 Å². The van der Waals surface area contributed by atoms with Gasteiger partial charge < -0.3 is 24.6 Å². The van der Waals surface area contributed by atoms with Gasteiger partial charge >= 0.3 is 0 Å². The largest absolute Gasteiger partial charge is 0.550 e. The van der Waals surface area contributed by atoms with E-state index in [9.17, 15) is 24.9 Å². The van der Waals surface area contributed by atoms with Crippen LogP contribution in [-0.2, 0) is 9.59 Å². The highest BCUT2D eigenvalue weighted by Gasteiger charge is 2.49. The Morgan fingerprint density at radius 3 is 2.29 bits per heavy atom. The van der Waals surface area contributed by atoms with Crippen LogP contribution in [0.4, 0.5) is 0 Å². The number of carbonyl (C=O) groups excluding carboxylic acids is 2. The van der Waals surface area contributed by atoms with Crippen LogP contribution in [0.15, 0.2) is 24.3 Å². The topological polar surface area (TPSA) is 97.7 Å². The zero-order valence-electron chi connectivity index (χ0n) is 15.2. The summed E-state index contributed by atoms with van der Waals surface area (Å²) >= 11 is 0. The van der Waals surface area contributed by atoms with Crippen molar-refractivity contribution in [2.45, 2.75) is 57.3 Å². The first-order chi connectivity index (χ1) is 11.1. The molecule has 6 heteroatoms. The smallest absolute Gasteiger partial charge is 0.227 e. The summed E-state index contributed by atoms with van der Waals surface area (Å²) in [7, 11) is 4.66. The Bertz CT molecular complexity index is 465. The van der Waals surface area contributed by atoms with Gasteiger partial charge in [-0.05, 0) is 18.9 Å². The lowest BCUT2D eigenvalue weighted by molar-refractivity contribution is -0.925. The third-order valence-electron chi connectivity index (χ3n) is 3.72. The Morgan fingerprint density at radius 2 is 1.79 bits per heavy atom. The van der Waals surface area contributed by atoms with Gasteiger partial charge in [0.25, 0.3) is 0 Å². The molecule has 0 rings (SSSR count). The van der Waals surface area contributed by atoms with Gasteiger partial charge in [0, 0.05) is 12.4 Å². The Balaban J connectivity index is 4.86. The zero-order valence-corrected chi connectivity index (χ0v) is 15.2. The van der Waals surface area contributed by atoms with E-state index in [0.29, 0.717) is 0 Å². The molecule has 2 unspecified atom stereocenters. The summed E-state index contributed by atoms with van der Waals surface area (Å²) in [6, 6.07) is 0. The second-order valence-electron chi connectivity index (χ2n) is 6.96. The van der Waals surface area contributed by atoms with Gasteiger partial charge in [-0.3, -0.25) is 4.79 Å². The van der Waals surface area contributed by atoms with E-state index in [2.05, 4.69) is 6.92 Å². The molecule has 2 N–H and O–H groups in total. The minimum absolute atomic E-state index is 0.184. The molecule has 138 valence electrons. The summed E-state index contributed by atoms with van der Waals surface area (Å²) in [5.41, 5.74) is -2.43. The minimum Gasteiger partial charge on any atom is -0.550 e. The van der Waals surface area contributed by atoms with E-state index < -0.39 is 30.0 Å². The summed E-state index contributed by atoms with van der Waals surface area (Å²) < 4.78 is -0.184. The van der Waals surface area contributed by atoms with Crippen LogP contribution in [0.2, 0.25) is 0 Å². The Labute approximate surface area is 144 Å². The summed E-state index contributed by atoms with van der Waals surface area (Å²) in [5.74, 6) is -2.46. The molecule has 0 bridgehead atoms. The lowest BCUT2D eigenvalue weighted by Gasteiger charge is -2.39. The highest BCUT2D eigenvalue weighted by Crippen LogP contribution is 2.22. The second-order valence-corrected chi connectivity index (χ2v) is 6.96. The third kappa shape index (κ3) is 7.86. The van der Waals surface area contributed by atoms with Gasteiger partial charge in [0.2, 0.25) is 11.8 Å². The number of quaternary nitrogens is 1. The molecule has 24 heavy (non-hydrogen) atoms. The van der Waals surface area contributed by atoms with E-state index in [1.807, 2.05) is 6.08 Å². The monoisotopic (exact) mass is 341 g/mol. The SMILES string of the molecule is CCCCCCC=CC=CC(=O)C(O)(CC(=O)[O-])C(O)[N+](C)(C)C. The molecule has 6 nitrogen and oxygen atoms in total. The first-order valence-corrected chi connectivity index (χ1v) is 8.34. The van der Waals surface area contributed by atoms with Crippen molar-refractivity contribution in [2.75, 3.05) is 21.1 Å². The van der Waals surface area contributed by atoms with Gasteiger partial charge in [-0.15, -0.1) is 0 Å². The van der Waals surface area contributed by atoms with Crippen LogP contribution in [0, 0.1) is 0 Å². The lowest BCUT2D eigenvalue weighted by atomic mass is 9.90. The number of hydrogen-bond donors (Lipinski definition) is 2. The molecule has 0 aliphatic carbocycles. The standard InChI is InChI=1S/C18H31NO5/c1-5-6-7-8-9-10-11-12-13-15(20)18(24,14-16(21)22)17(23)19(2,3)4/h10-13,17,23-24H,5-9,14H2,1-4H3. The van der Waals surface area contributed by atoms with Crippen LogP contribution in [0.3, 0.4) is 0 Å². The molecule has 0 aromatic heterocycles. The number of aliphatic hydroxyl groups is 2. The van der Waals surface area contributed by atoms with E-state index >= 15 is 0 Å². The number of aliphatic hydroxyl groups excluding tert-OH is 1. The highest BCUT2D eigenvalue weighted by atomic mass is 16.4. The zero-order chi connectivity index (χ0) is 18.8. The maximum atomic E-state index is 12.2. The maximum Gasteiger partial charge on any atom is 0.227 e. The number of allylic oxidation sites excluding steroid dienone is 3. The van der Waals surface area contributed by atoms with Crippen molar-refractivity contribution < 1.29 is 29.4 Å². The molecule has 0 amide bonds. The second kappa shape index (κ2) is 10.4. The van der Waals surface area contributed by atoms with Crippen LogP contribution in [-0.4, -0.2) is 59.4 Å². The molecule has 0 saturated carbocycles. The number of carboxylic acid groups (broad SMARTS) is 1. The fourth-order valence-corrected chi connectivity index (χ4v) is 2.32.